The predicted molar refractivity (Wildman–Crippen MR) is 94.8 cm³/mol. The summed E-state index contributed by atoms with van der Waals surface area (Å²) in [7, 11) is 0. The minimum atomic E-state index is -0.421. The van der Waals surface area contributed by atoms with E-state index in [2.05, 4.69) is 12.2 Å². The zero-order valence-corrected chi connectivity index (χ0v) is 14.6. The van der Waals surface area contributed by atoms with Gasteiger partial charge in [-0.05, 0) is 31.7 Å². The molecule has 0 bridgehead atoms. The van der Waals surface area contributed by atoms with E-state index in [1.54, 1.807) is 0 Å². The quantitative estimate of drug-likeness (QED) is 0.628. The van der Waals surface area contributed by atoms with Crippen molar-refractivity contribution >= 4 is 11.9 Å². The van der Waals surface area contributed by atoms with Crippen LogP contribution in [0.3, 0.4) is 0 Å². The van der Waals surface area contributed by atoms with E-state index in [9.17, 15) is 9.59 Å². The van der Waals surface area contributed by atoms with Crippen molar-refractivity contribution in [3.63, 3.8) is 0 Å². The highest BCUT2D eigenvalue weighted by Gasteiger charge is 2.56. The summed E-state index contributed by atoms with van der Waals surface area (Å²) in [6.07, 6.45) is 7.62. The number of rotatable bonds is 3. The van der Waals surface area contributed by atoms with Gasteiger partial charge in [-0.2, -0.15) is 0 Å². The van der Waals surface area contributed by atoms with Gasteiger partial charge < -0.3 is 9.64 Å². The smallest absolute Gasteiger partial charge is 0.310 e. The number of hydrogen-bond donors (Lipinski definition) is 0. The van der Waals surface area contributed by atoms with Gasteiger partial charge in [-0.3, -0.25) is 9.59 Å². The molecule has 1 aromatic carbocycles. The van der Waals surface area contributed by atoms with E-state index in [1.807, 2.05) is 42.2 Å². The van der Waals surface area contributed by atoms with Gasteiger partial charge >= 0.3 is 5.97 Å². The molecule has 0 saturated carbocycles. The Bertz CT molecular complexity index is 684. The van der Waals surface area contributed by atoms with Crippen LogP contribution in [0.2, 0.25) is 0 Å². The zero-order chi connectivity index (χ0) is 17.4. The first-order chi connectivity index (χ1) is 12.2. The molecule has 4 rings (SSSR count). The van der Waals surface area contributed by atoms with Crippen LogP contribution < -0.4 is 0 Å². The molecular weight excluding hydrogens is 314 g/mol. The molecule has 0 radical (unpaired) electrons. The molecule has 2 saturated heterocycles. The summed E-state index contributed by atoms with van der Waals surface area (Å²) < 4.78 is 5.40. The van der Waals surface area contributed by atoms with Crippen molar-refractivity contribution in [2.45, 2.75) is 38.1 Å². The summed E-state index contributed by atoms with van der Waals surface area (Å²) in [4.78, 5) is 28.0. The normalized spacial score (nSPS) is 33.7. The van der Waals surface area contributed by atoms with Crippen molar-refractivity contribution in [2.75, 3.05) is 13.2 Å². The first-order valence-electron chi connectivity index (χ1n) is 9.42. The number of ether oxygens (including phenoxy) is 1. The molecule has 1 amide bonds. The largest absolute Gasteiger partial charge is 0.466 e. The van der Waals surface area contributed by atoms with Crippen LogP contribution >= 0.6 is 0 Å². The maximum absolute atomic E-state index is 13.2. The SMILES string of the molecule is CCOC(=O)[C@@H]1[C@H]2C(=O)N3CCCC[C@@H]3[C@H]2C=C[C@H]1c1ccccc1. The third-order valence-electron chi connectivity index (χ3n) is 6.03. The number of esters is 1. The lowest BCUT2D eigenvalue weighted by Crippen LogP contribution is -2.40. The monoisotopic (exact) mass is 339 g/mol. The molecule has 0 aromatic heterocycles. The molecule has 2 aliphatic heterocycles. The summed E-state index contributed by atoms with van der Waals surface area (Å²) in [6.45, 7) is 3.00. The average molecular weight is 339 g/mol. The minimum absolute atomic E-state index is 0.0909. The van der Waals surface area contributed by atoms with Crippen molar-refractivity contribution in [1.82, 2.24) is 4.90 Å². The van der Waals surface area contributed by atoms with Crippen molar-refractivity contribution in [2.24, 2.45) is 17.8 Å². The molecule has 1 aromatic rings. The fraction of sp³-hybridized carbons (Fsp3) is 0.524. The van der Waals surface area contributed by atoms with Crippen LogP contribution in [-0.2, 0) is 14.3 Å². The van der Waals surface area contributed by atoms with Crippen molar-refractivity contribution in [3.8, 4) is 0 Å². The first-order valence-corrected chi connectivity index (χ1v) is 9.42. The third-order valence-corrected chi connectivity index (χ3v) is 6.03. The maximum Gasteiger partial charge on any atom is 0.310 e. The van der Waals surface area contributed by atoms with Crippen molar-refractivity contribution in [1.29, 1.82) is 0 Å². The van der Waals surface area contributed by atoms with Crippen LogP contribution in [0.15, 0.2) is 42.5 Å². The standard InChI is InChI=1S/C21H25NO3/c1-2-25-21(24)19-15(14-8-4-3-5-9-14)11-12-16-17-10-6-7-13-22(17)20(23)18(16)19/h3-5,8-9,11-12,15-19H,2,6-7,10,13H2,1H3/t15-,16+,17+,18-,19-/m0/s1. The fourth-order valence-corrected chi connectivity index (χ4v) is 4.98. The van der Waals surface area contributed by atoms with Crippen LogP contribution in [0.1, 0.15) is 37.7 Å². The molecule has 4 heteroatoms. The van der Waals surface area contributed by atoms with Crippen LogP contribution in [0.25, 0.3) is 0 Å². The lowest BCUT2D eigenvalue weighted by Gasteiger charge is -2.35. The van der Waals surface area contributed by atoms with Gasteiger partial charge in [0.25, 0.3) is 0 Å². The minimum Gasteiger partial charge on any atom is -0.466 e. The second-order valence-corrected chi connectivity index (χ2v) is 7.30. The van der Waals surface area contributed by atoms with Crippen molar-refractivity contribution in [3.05, 3.63) is 48.0 Å². The predicted octanol–water partition coefficient (Wildman–Crippen LogP) is 3.15. The summed E-state index contributed by atoms with van der Waals surface area (Å²) in [6, 6.07) is 10.3. The van der Waals surface area contributed by atoms with Crippen LogP contribution in [0.4, 0.5) is 0 Å². The molecule has 0 N–H and O–H groups in total. The Morgan fingerprint density at radius 3 is 2.76 bits per heavy atom. The van der Waals surface area contributed by atoms with Gasteiger partial charge in [-0.1, -0.05) is 42.5 Å². The van der Waals surface area contributed by atoms with Crippen LogP contribution in [-0.4, -0.2) is 36.0 Å². The van der Waals surface area contributed by atoms with Gasteiger partial charge in [0.05, 0.1) is 18.4 Å². The molecular formula is C21H25NO3. The molecule has 0 unspecified atom stereocenters. The fourth-order valence-electron chi connectivity index (χ4n) is 4.98. The highest BCUT2D eigenvalue weighted by Crippen LogP contribution is 2.49. The Kier molecular flexibility index (Phi) is 4.36. The lowest BCUT2D eigenvalue weighted by molar-refractivity contribution is -0.154. The number of hydrogen-bond acceptors (Lipinski definition) is 3. The van der Waals surface area contributed by atoms with E-state index in [0.29, 0.717) is 6.61 Å². The highest BCUT2D eigenvalue weighted by molar-refractivity contribution is 5.89. The molecule has 4 nitrogen and oxygen atoms in total. The molecule has 0 spiro atoms. The summed E-state index contributed by atoms with van der Waals surface area (Å²) in [5, 5.41) is 0. The zero-order valence-electron chi connectivity index (χ0n) is 14.6. The van der Waals surface area contributed by atoms with E-state index in [1.165, 1.54) is 0 Å². The topological polar surface area (TPSA) is 46.6 Å². The van der Waals surface area contributed by atoms with Gasteiger partial charge in [-0.15, -0.1) is 0 Å². The molecule has 5 atom stereocenters. The Balaban J connectivity index is 1.74. The number of piperidine rings is 1. The Morgan fingerprint density at radius 1 is 1.20 bits per heavy atom. The molecule has 3 aliphatic rings. The summed E-state index contributed by atoms with van der Waals surface area (Å²) >= 11 is 0. The second kappa shape index (κ2) is 6.66. The van der Waals surface area contributed by atoms with Gasteiger partial charge in [0.1, 0.15) is 0 Å². The molecule has 132 valence electrons. The van der Waals surface area contributed by atoms with Gasteiger partial charge in [-0.25, -0.2) is 0 Å². The molecule has 1 aliphatic carbocycles. The Hall–Kier alpha value is -2.10. The van der Waals surface area contributed by atoms with E-state index in [4.69, 9.17) is 4.74 Å². The van der Waals surface area contributed by atoms with Gasteiger partial charge in [0, 0.05) is 24.4 Å². The van der Waals surface area contributed by atoms with E-state index >= 15 is 0 Å². The first kappa shape index (κ1) is 16.4. The van der Waals surface area contributed by atoms with Crippen molar-refractivity contribution < 1.29 is 14.3 Å². The van der Waals surface area contributed by atoms with E-state index in [-0.39, 0.29) is 35.7 Å². The third kappa shape index (κ3) is 2.68. The second-order valence-electron chi connectivity index (χ2n) is 7.30. The molecule has 25 heavy (non-hydrogen) atoms. The summed E-state index contributed by atoms with van der Waals surface area (Å²) in [5.74, 6) is -0.733. The van der Waals surface area contributed by atoms with Crippen LogP contribution in [0, 0.1) is 17.8 Å². The summed E-state index contributed by atoms with van der Waals surface area (Å²) in [5.41, 5.74) is 1.08. The Labute approximate surface area is 148 Å². The average Bonchev–Trinajstić information content (AvgIpc) is 2.95. The number of amides is 1. The number of carbonyl (C=O) groups is 2. The number of allylic oxidation sites excluding steroid dienone is 1. The molecule has 2 heterocycles. The van der Waals surface area contributed by atoms with E-state index in [0.717, 1.165) is 31.4 Å². The number of nitrogens with zero attached hydrogens (tertiary/aromatic N) is 1. The number of carbonyl (C=O) groups excluding carboxylic acids is 2. The van der Waals surface area contributed by atoms with Gasteiger partial charge in [0.2, 0.25) is 5.91 Å². The number of fused-ring (bicyclic) bond motifs is 3. The highest BCUT2D eigenvalue weighted by atomic mass is 16.5. The Morgan fingerprint density at radius 2 is 2.00 bits per heavy atom. The molecule has 2 fully saturated rings. The van der Waals surface area contributed by atoms with Crippen LogP contribution in [0.5, 0.6) is 0 Å². The number of benzene rings is 1. The van der Waals surface area contributed by atoms with Gasteiger partial charge in [0.15, 0.2) is 0 Å². The van der Waals surface area contributed by atoms with E-state index < -0.39 is 5.92 Å². The lowest BCUT2D eigenvalue weighted by atomic mass is 9.67. The maximum atomic E-state index is 13.2.